The molecule has 0 saturated carbocycles. The average molecular weight is 473 g/mol. The van der Waals surface area contributed by atoms with Crippen molar-refractivity contribution in [3.8, 4) is 0 Å². The summed E-state index contributed by atoms with van der Waals surface area (Å²) < 4.78 is 24.8. The van der Waals surface area contributed by atoms with Crippen LogP contribution in [0, 0.1) is 0 Å². The maximum absolute atomic E-state index is 11.4. The molecule has 0 aliphatic carbocycles. The monoisotopic (exact) mass is 472 g/mol. The minimum absolute atomic E-state index is 0.322. The highest BCUT2D eigenvalue weighted by atomic mass is 16.8. The lowest BCUT2D eigenvalue weighted by atomic mass is 9.80. The number of benzene rings is 3. The van der Waals surface area contributed by atoms with Crippen molar-refractivity contribution in [3.05, 3.63) is 120 Å². The smallest absolute Gasteiger partial charge is 0.190 e. The molecule has 1 N–H and O–H groups in total. The van der Waals surface area contributed by atoms with E-state index in [9.17, 15) is 5.11 Å². The predicted molar refractivity (Wildman–Crippen MR) is 134 cm³/mol. The molecule has 35 heavy (non-hydrogen) atoms. The van der Waals surface area contributed by atoms with Crippen molar-refractivity contribution < 1.29 is 24.1 Å². The molecule has 2 saturated heterocycles. The van der Waals surface area contributed by atoms with Crippen molar-refractivity contribution in [2.75, 3.05) is 6.61 Å². The minimum Gasteiger partial charge on any atom is -0.380 e. The highest BCUT2D eigenvalue weighted by Gasteiger charge is 2.61. The van der Waals surface area contributed by atoms with E-state index < -0.39 is 35.5 Å². The zero-order chi connectivity index (χ0) is 24.5. The van der Waals surface area contributed by atoms with Gasteiger partial charge in [0, 0.05) is 6.42 Å². The second kappa shape index (κ2) is 9.34. The molecule has 0 unspecified atom stereocenters. The molecule has 0 radical (unpaired) electrons. The van der Waals surface area contributed by atoms with E-state index in [1.165, 1.54) is 6.08 Å². The molecule has 0 aromatic heterocycles. The summed E-state index contributed by atoms with van der Waals surface area (Å²) in [5, 5.41) is 11.4. The van der Waals surface area contributed by atoms with Crippen LogP contribution < -0.4 is 0 Å². The molecule has 0 bridgehead atoms. The van der Waals surface area contributed by atoms with Crippen LogP contribution in [-0.4, -0.2) is 41.6 Å². The first kappa shape index (κ1) is 23.9. The molecule has 2 heterocycles. The SMILES string of the molecule is C=C[C@@]1(O)[C@@H](CCOC(c2ccccc2)(c2ccccc2)c2ccccc2)O[C@@H]2OC(C)(C)O[C@@H]21. The van der Waals surface area contributed by atoms with Gasteiger partial charge in [0.25, 0.3) is 0 Å². The van der Waals surface area contributed by atoms with Crippen LogP contribution in [0.1, 0.15) is 37.0 Å². The lowest BCUT2D eigenvalue weighted by molar-refractivity contribution is -0.225. The third-order valence-corrected chi connectivity index (χ3v) is 6.89. The number of rotatable bonds is 8. The Labute approximate surface area is 206 Å². The van der Waals surface area contributed by atoms with E-state index >= 15 is 0 Å². The zero-order valence-electron chi connectivity index (χ0n) is 20.2. The van der Waals surface area contributed by atoms with Gasteiger partial charge in [-0.15, -0.1) is 6.58 Å². The summed E-state index contributed by atoms with van der Waals surface area (Å²) in [4.78, 5) is 0. The Morgan fingerprint density at radius 2 is 1.34 bits per heavy atom. The van der Waals surface area contributed by atoms with E-state index in [1.807, 2.05) is 68.4 Å². The van der Waals surface area contributed by atoms with Crippen LogP contribution in [0.25, 0.3) is 0 Å². The number of ether oxygens (including phenoxy) is 4. The number of aliphatic hydroxyl groups is 1. The van der Waals surface area contributed by atoms with Gasteiger partial charge in [0.15, 0.2) is 12.1 Å². The van der Waals surface area contributed by atoms with Gasteiger partial charge in [-0.05, 0) is 30.5 Å². The molecule has 0 amide bonds. The van der Waals surface area contributed by atoms with Crippen LogP contribution in [0.5, 0.6) is 0 Å². The first-order chi connectivity index (χ1) is 16.9. The van der Waals surface area contributed by atoms with Gasteiger partial charge in [-0.25, -0.2) is 0 Å². The lowest BCUT2D eigenvalue weighted by Gasteiger charge is -2.37. The molecule has 182 valence electrons. The third-order valence-electron chi connectivity index (χ3n) is 6.89. The second-order valence-corrected chi connectivity index (χ2v) is 9.56. The summed E-state index contributed by atoms with van der Waals surface area (Å²) in [5.74, 6) is -0.823. The molecule has 2 fully saturated rings. The first-order valence-electron chi connectivity index (χ1n) is 12.1. The number of hydrogen-bond donors (Lipinski definition) is 1. The molecular formula is C30H32O5. The van der Waals surface area contributed by atoms with Gasteiger partial charge in [-0.3, -0.25) is 0 Å². The normalized spacial score (nSPS) is 27.5. The van der Waals surface area contributed by atoms with Gasteiger partial charge >= 0.3 is 0 Å². The number of hydrogen-bond acceptors (Lipinski definition) is 5. The fourth-order valence-electron chi connectivity index (χ4n) is 5.23. The van der Waals surface area contributed by atoms with Gasteiger partial charge in [0.2, 0.25) is 0 Å². The minimum atomic E-state index is -1.38. The predicted octanol–water partition coefficient (Wildman–Crippen LogP) is 5.18. The Balaban J connectivity index is 1.46. The molecule has 0 spiro atoms. The molecule has 4 atom stereocenters. The Kier molecular flexibility index (Phi) is 6.38. The highest BCUT2D eigenvalue weighted by molar-refractivity contribution is 5.47. The Morgan fingerprint density at radius 3 is 1.80 bits per heavy atom. The Bertz CT molecular complexity index is 1030. The summed E-state index contributed by atoms with van der Waals surface area (Å²) in [6.45, 7) is 7.81. The van der Waals surface area contributed by atoms with Crippen molar-refractivity contribution in [3.63, 3.8) is 0 Å². The maximum Gasteiger partial charge on any atom is 0.190 e. The van der Waals surface area contributed by atoms with Crippen molar-refractivity contribution in [1.82, 2.24) is 0 Å². The average Bonchev–Trinajstić information content (AvgIpc) is 3.33. The fraction of sp³-hybridized carbons (Fsp3) is 0.333. The van der Waals surface area contributed by atoms with Crippen LogP contribution in [0.15, 0.2) is 104 Å². The van der Waals surface area contributed by atoms with Crippen LogP contribution in [0.4, 0.5) is 0 Å². The molecule has 5 heteroatoms. The summed E-state index contributed by atoms with van der Waals surface area (Å²) in [6, 6.07) is 30.6. The van der Waals surface area contributed by atoms with Gasteiger partial charge in [0.1, 0.15) is 17.3 Å². The van der Waals surface area contributed by atoms with Gasteiger partial charge < -0.3 is 24.1 Å². The van der Waals surface area contributed by atoms with Gasteiger partial charge in [-0.1, -0.05) is 97.1 Å². The van der Waals surface area contributed by atoms with E-state index in [4.69, 9.17) is 18.9 Å². The summed E-state index contributed by atoms with van der Waals surface area (Å²) in [6.07, 6.45) is 0.0661. The number of fused-ring (bicyclic) bond motifs is 1. The molecule has 2 aliphatic heterocycles. The van der Waals surface area contributed by atoms with E-state index in [-0.39, 0.29) is 0 Å². The molecule has 2 aliphatic rings. The van der Waals surface area contributed by atoms with Crippen LogP contribution >= 0.6 is 0 Å². The summed E-state index contributed by atoms with van der Waals surface area (Å²) >= 11 is 0. The standard InChI is InChI=1S/C30H32O5/c1-4-29(31)25(33-27-26(29)34-28(2,3)35-27)20-21-32-30(22-14-8-5-9-15-22,23-16-10-6-11-17-23)24-18-12-7-13-19-24/h4-19,25-27,31H,1,20-21H2,2-3H3/t25-,26+,27-,29-/m1/s1. The van der Waals surface area contributed by atoms with Crippen LogP contribution in [0.3, 0.4) is 0 Å². The Hall–Kier alpha value is -2.80. The van der Waals surface area contributed by atoms with Crippen LogP contribution in [0.2, 0.25) is 0 Å². The highest BCUT2D eigenvalue weighted by Crippen LogP contribution is 2.45. The largest absolute Gasteiger partial charge is 0.380 e. The molecular weight excluding hydrogens is 440 g/mol. The van der Waals surface area contributed by atoms with Crippen LogP contribution in [-0.2, 0) is 24.5 Å². The van der Waals surface area contributed by atoms with Crippen molar-refractivity contribution in [2.45, 2.75) is 55.8 Å². The lowest BCUT2D eigenvalue weighted by Crippen LogP contribution is -2.47. The molecule has 3 aromatic carbocycles. The van der Waals surface area contributed by atoms with Crippen molar-refractivity contribution >= 4 is 0 Å². The molecule has 3 aromatic rings. The quantitative estimate of drug-likeness (QED) is 0.362. The van der Waals surface area contributed by atoms with E-state index in [2.05, 4.69) is 43.0 Å². The molecule has 5 nitrogen and oxygen atoms in total. The fourth-order valence-corrected chi connectivity index (χ4v) is 5.23. The van der Waals surface area contributed by atoms with Crippen molar-refractivity contribution in [1.29, 1.82) is 0 Å². The van der Waals surface area contributed by atoms with E-state index in [0.29, 0.717) is 13.0 Å². The maximum atomic E-state index is 11.4. The summed E-state index contributed by atoms with van der Waals surface area (Å²) in [5.41, 5.74) is 0.855. The van der Waals surface area contributed by atoms with Crippen molar-refractivity contribution in [2.24, 2.45) is 0 Å². The molecule has 5 rings (SSSR count). The summed E-state index contributed by atoms with van der Waals surface area (Å²) in [7, 11) is 0. The first-order valence-corrected chi connectivity index (χ1v) is 12.1. The van der Waals surface area contributed by atoms with Gasteiger partial charge in [0.05, 0.1) is 12.7 Å². The topological polar surface area (TPSA) is 57.2 Å². The third kappa shape index (κ3) is 4.24. The van der Waals surface area contributed by atoms with E-state index in [0.717, 1.165) is 16.7 Å². The Morgan fingerprint density at radius 1 is 0.857 bits per heavy atom. The zero-order valence-corrected chi connectivity index (χ0v) is 20.2. The second-order valence-electron chi connectivity index (χ2n) is 9.56. The van der Waals surface area contributed by atoms with Gasteiger partial charge in [-0.2, -0.15) is 0 Å². The van der Waals surface area contributed by atoms with E-state index in [1.54, 1.807) is 0 Å².